The minimum atomic E-state index is 0.529. The number of halogens is 2. The minimum Gasteiger partial charge on any atom is -0.421 e. The molecule has 0 bridgehead atoms. The highest BCUT2D eigenvalue weighted by molar-refractivity contribution is 14.1. The zero-order valence-electron chi connectivity index (χ0n) is 9.91. The van der Waals surface area contributed by atoms with Crippen LogP contribution in [0.5, 0.6) is 0 Å². The van der Waals surface area contributed by atoms with Gasteiger partial charge >= 0.3 is 0 Å². The van der Waals surface area contributed by atoms with E-state index < -0.39 is 0 Å². The van der Waals surface area contributed by atoms with Crippen LogP contribution >= 0.6 is 34.2 Å². The fourth-order valence-corrected chi connectivity index (χ4v) is 2.28. The summed E-state index contributed by atoms with van der Waals surface area (Å²) in [6.07, 6.45) is 1.76. The van der Waals surface area contributed by atoms with Crippen LogP contribution in [0.15, 0.2) is 22.6 Å². The molecule has 0 radical (unpaired) electrons. The topological polar surface area (TPSA) is 51.0 Å². The minimum absolute atomic E-state index is 0.529. The standard InChI is InChI=1S/C12H13ClIN3O/c1-15-6-2-3-11-16-17-12(18-11)9-7-8(13)4-5-10(9)14/h4-5,7,15H,2-3,6H2,1H3. The summed E-state index contributed by atoms with van der Waals surface area (Å²) in [6, 6.07) is 5.62. The van der Waals surface area contributed by atoms with Crippen LogP contribution < -0.4 is 5.32 Å². The lowest BCUT2D eigenvalue weighted by Gasteiger charge is -1.99. The Kier molecular flexibility index (Phi) is 4.96. The van der Waals surface area contributed by atoms with Gasteiger partial charge in [0.1, 0.15) is 0 Å². The van der Waals surface area contributed by atoms with Crippen molar-refractivity contribution in [1.82, 2.24) is 15.5 Å². The number of rotatable bonds is 5. The van der Waals surface area contributed by atoms with E-state index in [1.54, 1.807) is 0 Å². The number of hydrogen-bond acceptors (Lipinski definition) is 4. The van der Waals surface area contributed by atoms with Gasteiger partial charge in [0.15, 0.2) is 0 Å². The van der Waals surface area contributed by atoms with Gasteiger partial charge in [0, 0.05) is 15.0 Å². The quantitative estimate of drug-likeness (QED) is 0.642. The predicted molar refractivity (Wildman–Crippen MR) is 79.7 cm³/mol. The van der Waals surface area contributed by atoms with Crippen LogP contribution in [0.2, 0.25) is 5.02 Å². The summed E-state index contributed by atoms with van der Waals surface area (Å²) in [5.74, 6) is 1.19. The fraction of sp³-hybridized carbons (Fsp3) is 0.333. The first-order chi connectivity index (χ1) is 8.70. The Morgan fingerprint density at radius 2 is 2.22 bits per heavy atom. The SMILES string of the molecule is CNCCCc1nnc(-c2cc(Cl)ccc2I)o1. The molecule has 0 fully saturated rings. The van der Waals surface area contributed by atoms with Gasteiger partial charge in [-0.15, -0.1) is 10.2 Å². The average molecular weight is 378 g/mol. The molecule has 0 spiro atoms. The smallest absolute Gasteiger partial charge is 0.248 e. The second-order valence-electron chi connectivity index (χ2n) is 3.83. The average Bonchev–Trinajstić information content (AvgIpc) is 2.81. The number of hydrogen-bond donors (Lipinski definition) is 1. The van der Waals surface area contributed by atoms with E-state index >= 15 is 0 Å². The van der Waals surface area contributed by atoms with E-state index in [1.807, 2.05) is 25.2 Å². The molecule has 18 heavy (non-hydrogen) atoms. The van der Waals surface area contributed by atoms with E-state index in [9.17, 15) is 0 Å². The number of aryl methyl sites for hydroxylation is 1. The lowest BCUT2D eigenvalue weighted by molar-refractivity contribution is 0.494. The van der Waals surface area contributed by atoms with Crippen molar-refractivity contribution < 1.29 is 4.42 Å². The Hall–Kier alpha value is -0.660. The van der Waals surface area contributed by atoms with Crippen molar-refractivity contribution in [2.75, 3.05) is 13.6 Å². The highest BCUT2D eigenvalue weighted by atomic mass is 127. The van der Waals surface area contributed by atoms with Gasteiger partial charge in [-0.1, -0.05) is 11.6 Å². The molecule has 0 aliphatic carbocycles. The van der Waals surface area contributed by atoms with Gasteiger partial charge in [0.05, 0.1) is 5.56 Å². The van der Waals surface area contributed by atoms with E-state index in [1.165, 1.54) is 0 Å². The Labute approximate surface area is 124 Å². The van der Waals surface area contributed by atoms with Crippen molar-refractivity contribution in [3.05, 3.63) is 32.7 Å². The normalized spacial score (nSPS) is 10.8. The summed E-state index contributed by atoms with van der Waals surface area (Å²) in [5.41, 5.74) is 0.885. The van der Waals surface area contributed by atoms with Gasteiger partial charge in [-0.05, 0) is 60.8 Å². The second-order valence-corrected chi connectivity index (χ2v) is 5.43. The fourth-order valence-electron chi connectivity index (χ4n) is 1.54. The van der Waals surface area contributed by atoms with E-state index in [2.05, 4.69) is 38.1 Å². The van der Waals surface area contributed by atoms with Crippen LogP contribution in [0.1, 0.15) is 12.3 Å². The number of aromatic nitrogens is 2. The first-order valence-electron chi connectivity index (χ1n) is 5.63. The van der Waals surface area contributed by atoms with Crippen molar-refractivity contribution in [3.63, 3.8) is 0 Å². The Morgan fingerprint density at radius 1 is 1.39 bits per heavy atom. The summed E-state index contributed by atoms with van der Waals surface area (Å²) in [7, 11) is 1.92. The van der Waals surface area contributed by atoms with Crippen molar-refractivity contribution in [2.24, 2.45) is 0 Å². The third kappa shape index (κ3) is 3.43. The number of nitrogens with one attached hydrogen (secondary N) is 1. The first-order valence-corrected chi connectivity index (χ1v) is 7.09. The molecule has 0 amide bonds. The summed E-state index contributed by atoms with van der Waals surface area (Å²) >= 11 is 8.20. The molecular formula is C12H13ClIN3O. The number of benzene rings is 1. The maximum Gasteiger partial charge on any atom is 0.248 e. The molecule has 96 valence electrons. The molecule has 2 rings (SSSR count). The zero-order valence-corrected chi connectivity index (χ0v) is 12.8. The van der Waals surface area contributed by atoms with Crippen LogP contribution in [-0.2, 0) is 6.42 Å². The van der Waals surface area contributed by atoms with Crippen LogP contribution in [0.25, 0.3) is 11.5 Å². The Morgan fingerprint density at radius 3 is 3.00 bits per heavy atom. The van der Waals surface area contributed by atoms with Crippen molar-refractivity contribution in [3.8, 4) is 11.5 Å². The lowest BCUT2D eigenvalue weighted by Crippen LogP contribution is -2.08. The predicted octanol–water partition coefficient (Wildman–Crippen LogP) is 3.15. The summed E-state index contributed by atoms with van der Waals surface area (Å²) < 4.78 is 6.68. The monoisotopic (exact) mass is 377 g/mol. The molecular weight excluding hydrogens is 365 g/mol. The van der Waals surface area contributed by atoms with E-state index in [0.29, 0.717) is 16.8 Å². The molecule has 1 N–H and O–H groups in total. The second kappa shape index (κ2) is 6.49. The molecule has 1 heterocycles. The molecule has 0 aliphatic heterocycles. The lowest BCUT2D eigenvalue weighted by atomic mass is 10.2. The number of nitrogens with zero attached hydrogens (tertiary/aromatic N) is 2. The molecule has 1 aromatic carbocycles. The van der Waals surface area contributed by atoms with Gasteiger partial charge in [0.25, 0.3) is 0 Å². The molecule has 0 saturated heterocycles. The summed E-state index contributed by atoms with van der Waals surface area (Å²) in [6.45, 7) is 0.937. The van der Waals surface area contributed by atoms with Crippen LogP contribution in [0.3, 0.4) is 0 Å². The summed E-state index contributed by atoms with van der Waals surface area (Å²) in [5, 5.41) is 11.9. The molecule has 0 atom stereocenters. The van der Waals surface area contributed by atoms with E-state index in [0.717, 1.165) is 28.5 Å². The first kappa shape index (κ1) is 13.8. The largest absolute Gasteiger partial charge is 0.421 e. The van der Waals surface area contributed by atoms with Crippen LogP contribution in [0, 0.1) is 3.57 Å². The highest BCUT2D eigenvalue weighted by Gasteiger charge is 2.11. The maximum atomic E-state index is 5.97. The van der Waals surface area contributed by atoms with Gasteiger partial charge in [-0.25, -0.2) is 0 Å². The molecule has 0 aliphatic rings. The van der Waals surface area contributed by atoms with Gasteiger partial charge in [-0.3, -0.25) is 0 Å². The Bertz CT molecular complexity index is 530. The molecule has 6 heteroatoms. The van der Waals surface area contributed by atoms with E-state index in [4.69, 9.17) is 16.0 Å². The molecule has 2 aromatic rings. The van der Waals surface area contributed by atoms with E-state index in [-0.39, 0.29) is 0 Å². The molecule has 0 unspecified atom stereocenters. The molecule has 0 saturated carbocycles. The molecule has 1 aromatic heterocycles. The van der Waals surface area contributed by atoms with Gasteiger partial charge < -0.3 is 9.73 Å². The zero-order chi connectivity index (χ0) is 13.0. The third-order valence-corrected chi connectivity index (χ3v) is 3.62. The highest BCUT2D eigenvalue weighted by Crippen LogP contribution is 2.27. The maximum absolute atomic E-state index is 5.97. The van der Waals surface area contributed by atoms with Crippen molar-refractivity contribution in [2.45, 2.75) is 12.8 Å². The van der Waals surface area contributed by atoms with Crippen LogP contribution in [0.4, 0.5) is 0 Å². The van der Waals surface area contributed by atoms with Gasteiger partial charge in [0.2, 0.25) is 11.8 Å². The third-order valence-electron chi connectivity index (χ3n) is 2.44. The van der Waals surface area contributed by atoms with Crippen molar-refractivity contribution >= 4 is 34.2 Å². The Balaban J connectivity index is 2.16. The van der Waals surface area contributed by atoms with Crippen molar-refractivity contribution in [1.29, 1.82) is 0 Å². The van der Waals surface area contributed by atoms with Gasteiger partial charge in [-0.2, -0.15) is 0 Å². The van der Waals surface area contributed by atoms with Crippen LogP contribution in [-0.4, -0.2) is 23.8 Å². The molecule has 4 nitrogen and oxygen atoms in total. The summed E-state index contributed by atoms with van der Waals surface area (Å²) in [4.78, 5) is 0.